The average Bonchev–Trinajstić information content (AvgIpc) is 2.82. The quantitative estimate of drug-likeness (QED) is 0.702. The van der Waals surface area contributed by atoms with E-state index in [1.807, 2.05) is 12.1 Å². The zero-order valence-corrected chi connectivity index (χ0v) is 10.0. The van der Waals surface area contributed by atoms with Crippen LogP contribution in [0.2, 0.25) is 0 Å². The maximum atomic E-state index is 4.40. The van der Waals surface area contributed by atoms with Crippen LogP contribution >= 0.6 is 11.8 Å². The highest BCUT2D eigenvalue weighted by Crippen LogP contribution is 2.21. The van der Waals surface area contributed by atoms with Gasteiger partial charge in [-0.25, -0.2) is 15.0 Å². The van der Waals surface area contributed by atoms with Crippen LogP contribution in [-0.2, 0) is 0 Å². The summed E-state index contributed by atoms with van der Waals surface area (Å²) in [5.41, 5.74) is 2.41. The third-order valence-electron chi connectivity index (χ3n) is 2.50. The zero-order chi connectivity index (χ0) is 11.7. The number of nitrogens with zero attached hydrogens (tertiary/aromatic N) is 3. The smallest absolute Gasteiger partial charge is 0.197 e. The Morgan fingerprint density at radius 2 is 1.82 bits per heavy atom. The van der Waals surface area contributed by atoms with Gasteiger partial charge in [0.15, 0.2) is 11.3 Å². The van der Waals surface area contributed by atoms with Crippen LogP contribution in [0.1, 0.15) is 0 Å². The second-order valence-corrected chi connectivity index (χ2v) is 4.42. The van der Waals surface area contributed by atoms with Crippen LogP contribution in [0.15, 0.2) is 41.6 Å². The number of H-pyrrole nitrogens is 1. The molecular weight excluding hydrogens is 232 g/mol. The van der Waals surface area contributed by atoms with Gasteiger partial charge in [0, 0.05) is 22.9 Å². The predicted molar refractivity (Wildman–Crippen MR) is 68.9 cm³/mol. The summed E-state index contributed by atoms with van der Waals surface area (Å²) < 4.78 is 0. The molecule has 0 spiro atoms. The molecule has 2 aromatic heterocycles. The number of hydrogen-bond donors (Lipinski definition) is 1. The molecular formula is C12H10N4S. The van der Waals surface area contributed by atoms with Crippen LogP contribution < -0.4 is 0 Å². The Morgan fingerprint density at radius 1 is 1.06 bits per heavy atom. The van der Waals surface area contributed by atoms with E-state index in [2.05, 4.69) is 38.3 Å². The molecule has 0 unspecified atom stereocenters. The topological polar surface area (TPSA) is 54.5 Å². The summed E-state index contributed by atoms with van der Waals surface area (Å²) >= 11 is 1.72. The van der Waals surface area contributed by atoms with Gasteiger partial charge in [0.1, 0.15) is 5.82 Å². The summed E-state index contributed by atoms with van der Waals surface area (Å²) in [7, 11) is 0. The van der Waals surface area contributed by atoms with Crippen molar-refractivity contribution in [1.29, 1.82) is 0 Å². The molecule has 0 saturated heterocycles. The van der Waals surface area contributed by atoms with Crippen LogP contribution in [0.5, 0.6) is 0 Å². The number of benzene rings is 1. The second-order valence-electron chi connectivity index (χ2n) is 3.54. The summed E-state index contributed by atoms with van der Waals surface area (Å²) in [6.07, 6.45) is 5.36. The first-order chi connectivity index (χ1) is 8.36. The van der Waals surface area contributed by atoms with Crippen molar-refractivity contribution in [3.63, 3.8) is 0 Å². The average molecular weight is 242 g/mol. The Hall–Kier alpha value is -1.88. The molecule has 2 heterocycles. The van der Waals surface area contributed by atoms with Gasteiger partial charge in [-0.05, 0) is 18.4 Å². The molecule has 3 aromatic rings. The number of hydrogen-bond acceptors (Lipinski definition) is 4. The zero-order valence-electron chi connectivity index (χ0n) is 9.21. The van der Waals surface area contributed by atoms with Crippen LogP contribution in [0.25, 0.3) is 22.7 Å². The van der Waals surface area contributed by atoms with E-state index in [0.29, 0.717) is 5.65 Å². The lowest BCUT2D eigenvalue weighted by Gasteiger charge is -1.98. The lowest BCUT2D eigenvalue weighted by Crippen LogP contribution is -1.80. The van der Waals surface area contributed by atoms with Crippen molar-refractivity contribution in [2.75, 3.05) is 6.26 Å². The van der Waals surface area contributed by atoms with Gasteiger partial charge in [0.2, 0.25) is 0 Å². The van der Waals surface area contributed by atoms with Crippen molar-refractivity contribution in [1.82, 2.24) is 19.9 Å². The number of rotatable bonds is 2. The highest BCUT2D eigenvalue weighted by Gasteiger charge is 2.06. The van der Waals surface area contributed by atoms with E-state index < -0.39 is 0 Å². The first-order valence-corrected chi connectivity index (χ1v) is 6.40. The summed E-state index contributed by atoms with van der Waals surface area (Å²) in [6, 6.07) is 8.25. The van der Waals surface area contributed by atoms with Gasteiger partial charge in [0.25, 0.3) is 0 Å². The van der Waals surface area contributed by atoms with Crippen molar-refractivity contribution in [2.24, 2.45) is 0 Å². The largest absolute Gasteiger partial charge is 0.321 e. The van der Waals surface area contributed by atoms with E-state index in [-0.39, 0.29) is 0 Å². The SMILES string of the molecule is CSc1ccc(-c2nc3nccnc3[nH]2)cc1. The number of aromatic nitrogens is 4. The standard InChI is InChI=1S/C12H10N4S/c1-17-9-4-2-8(3-5-9)10-15-11-12(16-10)14-7-6-13-11/h2-7H,1H3,(H,13,14,15,16). The summed E-state index contributed by atoms with van der Waals surface area (Å²) in [5, 5.41) is 0. The van der Waals surface area contributed by atoms with Crippen molar-refractivity contribution in [2.45, 2.75) is 4.90 Å². The van der Waals surface area contributed by atoms with Gasteiger partial charge in [-0.1, -0.05) is 12.1 Å². The van der Waals surface area contributed by atoms with E-state index in [9.17, 15) is 0 Å². The number of fused-ring (bicyclic) bond motifs is 1. The predicted octanol–water partition coefficient (Wildman–Crippen LogP) is 2.74. The fraction of sp³-hybridized carbons (Fsp3) is 0.0833. The van der Waals surface area contributed by atoms with Gasteiger partial charge in [-0.3, -0.25) is 0 Å². The second kappa shape index (κ2) is 4.18. The lowest BCUT2D eigenvalue weighted by atomic mass is 10.2. The first kappa shape index (κ1) is 10.3. The molecule has 1 aromatic carbocycles. The van der Waals surface area contributed by atoms with Crippen LogP contribution in [0.3, 0.4) is 0 Å². The summed E-state index contributed by atoms with van der Waals surface area (Å²) in [5.74, 6) is 0.804. The molecule has 0 bridgehead atoms. The van der Waals surface area contributed by atoms with Crippen LogP contribution in [0.4, 0.5) is 0 Å². The van der Waals surface area contributed by atoms with E-state index in [1.54, 1.807) is 24.2 Å². The van der Waals surface area contributed by atoms with Crippen molar-refractivity contribution in [3.8, 4) is 11.4 Å². The maximum Gasteiger partial charge on any atom is 0.197 e. The van der Waals surface area contributed by atoms with Gasteiger partial charge < -0.3 is 4.98 Å². The van der Waals surface area contributed by atoms with Crippen LogP contribution in [0, 0.1) is 0 Å². The molecule has 0 aliphatic carbocycles. The molecule has 0 amide bonds. The number of aromatic amines is 1. The van der Waals surface area contributed by atoms with Gasteiger partial charge >= 0.3 is 0 Å². The minimum absolute atomic E-state index is 0.649. The molecule has 84 valence electrons. The van der Waals surface area contributed by atoms with E-state index in [4.69, 9.17) is 0 Å². The molecule has 4 nitrogen and oxygen atoms in total. The van der Waals surface area contributed by atoms with Crippen molar-refractivity contribution in [3.05, 3.63) is 36.7 Å². The normalized spacial score (nSPS) is 10.9. The molecule has 0 aliphatic rings. The fourth-order valence-corrected chi connectivity index (χ4v) is 2.04. The molecule has 1 N–H and O–H groups in total. The van der Waals surface area contributed by atoms with Crippen LogP contribution in [-0.4, -0.2) is 26.2 Å². The Kier molecular flexibility index (Phi) is 2.53. The number of imidazole rings is 1. The maximum absolute atomic E-state index is 4.40. The summed E-state index contributed by atoms with van der Waals surface area (Å²) in [6.45, 7) is 0. The molecule has 0 atom stereocenters. The Labute approximate surface area is 103 Å². The van der Waals surface area contributed by atoms with E-state index >= 15 is 0 Å². The van der Waals surface area contributed by atoms with Gasteiger partial charge in [-0.2, -0.15) is 0 Å². The van der Waals surface area contributed by atoms with Gasteiger partial charge in [0.05, 0.1) is 0 Å². The minimum Gasteiger partial charge on any atom is -0.321 e. The number of thioether (sulfide) groups is 1. The first-order valence-electron chi connectivity index (χ1n) is 5.18. The minimum atomic E-state index is 0.649. The molecule has 17 heavy (non-hydrogen) atoms. The third kappa shape index (κ3) is 1.89. The van der Waals surface area contributed by atoms with E-state index in [0.717, 1.165) is 17.0 Å². The van der Waals surface area contributed by atoms with Crippen molar-refractivity contribution >= 4 is 23.1 Å². The monoisotopic (exact) mass is 242 g/mol. The lowest BCUT2D eigenvalue weighted by molar-refractivity contribution is 1.26. The number of nitrogens with one attached hydrogen (secondary N) is 1. The third-order valence-corrected chi connectivity index (χ3v) is 3.24. The van der Waals surface area contributed by atoms with Gasteiger partial charge in [-0.15, -0.1) is 11.8 Å². The Bertz CT molecular complexity index is 612. The Balaban J connectivity index is 2.07. The van der Waals surface area contributed by atoms with Crippen molar-refractivity contribution < 1.29 is 0 Å². The highest BCUT2D eigenvalue weighted by atomic mass is 32.2. The molecule has 0 saturated carbocycles. The molecule has 0 aliphatic heterocycles. The molecule has 0 fully saturated rings. The molecule has 0 radical (unpaired) electrons. The highest BCUT2D eigenvalue weighted by molar-refractivity contribution is 7.98. The summed E-state index contributed by atoms with van der Waals surface area (Å²) in [4.78, 5) is 17.1. The molecule has 3 rings (SSSR count). The molecule has 5 heteroatoms. The fourth-order valence-electron chi connectivity index (χ4n) is 1.63. The van der Waals surface area contributed by atoms with E-state index in [1.165, 1.54) is 4.90 Å². The Morgan fingerprint density at radius 3 is 2.53 bits per heavy atom.